The van der Waals surface area contributed by atoms with Crippen molar-refractivity contribution in [3.63, 3.8) is 0 Å². The van der Waals surface area contributed by atoms with E-state index in [1.54, 1.807) is 0 Å². The van der Waals surface area contributed by atoms with Gasteiger partial charge in [0.2, 0.25) is 5.88 Å². The summed E-state index contributed by atoms with van der Waals surface area (Å²) in [4.78, 5) is 9.01. The van der Waals surface area contributed by atoms with E-state index >= 15 is 0 Å². The number of nitrogens with zero attached hydrogens (tertiary/aromatic N) is 2. The first-order chi connectivity index (χ1) is 9.65. The summed E-state index contributed by atoms with van der Waals surface area (Å²) in [7, 11) is 0. The summed E-state index contributed by atoms with van der Waals surface area (Å²) < 4.78 is 5.71. The second kappa shape index (κ2) is 9.56. The minimum absolute atomic E-state index is 0.694. The first kappa shape index (κ1) is 16.7. The van der Waals surface area contributed by atoms with E-state index in [-0.39, 0.29) is 0 Å². The van der Waals surface area contributed by atoms with E-state index in [2.05, 4.69) is 43.0 Å². The quantitative estimate of drug-likeness (QED) is 0.656. The van der Waals surface area contributed by atoms with Crippen molar-refractivity contribution < 1.29 is 4.74 Å². The van der Waals surface area contributed by atoms with Gasteiger partial charge in [-0.15, -0.1) is 0 Å². The Hall–Kier alpha value is -1.32. The molecule has 4 heteroatoms. The van der Waals surface area contributed by atoms with Gasteiger partial charge in [0.15, 0.2) is 0 Å². The van der Waals surface area contributed by atoms with Crippen LogP contribution in [0, 0.1) is 5.92 Å². The predicted octanol–water partition coefficient (Wildman–Crippen LogP) is 4.07. The van der Waals surface area contributed by atoms with Crippen LogP contribution in [0.3, 0.4) is 0 Å². The topological polar surface area (TPSA) is 47.0 Å². The fraction of sp³-hybridized carbons (Fsp3) is 0.750. The fourth-order valence-corrected chi connectivity index (χ4v) is 1.78. The van der Waals surface area contributed by atoms with Crippen LogP contribution in [0.4, 0.5) is 5.82 Å². The smallest absolute Gasteiger partial charge is 0.218 e. The lowest BCUT2D eigenvalue weighted by Gasteiger charge is -2.11. The molecule has 0 unspecified atom stereocenters. The molecule has 1 rings (SSSR count). The second-order valence-corrected chi connectivity index (χ2v) is 5.57. The molecule has 0 fully saturated rings. The van der Waals surface area contributed by atoms with E-state index in [0.29, 0.717) is 11.8 Å². The minimum atomic E-state index is 0.694. The lowest BCUT2D eigenvalue weighted by molar-refractivity contribution is 0.296. The van der Waals surface area contributed by atoms with Crippen LogP contribution in [0.1, 0.15) is 59.2 Å². The van der Waals surface area contributed by atoms with Gasteiger partial charge in [0.25, 0.3) is 0 Å². The van der Waals surface area contributed by atoms with Crippen LogP contribution in [0.5, 0.6) is 5.88 Å². The molecule has 20 heavy (non-hydrogen) atoms. The average molecular weight is 279 g/mol. The van der Waals surface area contributed by atoms with Crippen LogP contribution in [-0.2, 0) is 6.42 Å². The number of anilines is 1. The maximum absolute atomic E-state index is 5.71. The van der Waals surface area contributed by atoms with E-state index in [1.165, 1.54) is 0 Å². The summed E-state index contributed by atoms with van der Waals surface area (Å²) in [5.41, 5.74) is 0. The number of ether oxygens (including phenoxy) is 1. The van der Waals surface area contributed by atoms with Crippen molar-refractivity contribution in [1.29, 1.82) is 0 Å². The number of aryl methyl sites for hydroxylation is 1. The molecule has 0 saturated heterocycles. The van der Waals surface area contributed by atoms with Gasteiger partial charge >= 0.3 is 0 Å². The third-order valence-electron chi connectivity index (χ3n) is 3.00. The number of rotatable bonds is 10. The molecule has 1 N–H and O–H groups in total. The largest absolute Gasteiger partial charge is 0.478 e. The average Bonchev–Trinajstić information content (AvgIpc) is 2.39. The van der Waals surface area contributed by atoms with E-state index in [0.717, 1.165) is 56.9 Å². The number of hydrogen-bond donors (Lipinski definition) is 1. The lowest BCUT2D eigenvalue weighted by Crippen LogP contribution is -2.09. The molecule has 0 saturated carbocycles. The van der Waals surface area contributed by atoms with Crippen LogP contribution < -0.4 is 10.1 Å². The maximum atomic E-state index is 5.71. The fourth-order valence-electron chi connectivity index (χ4n) is 1.78. The van der Waals surface area contributed by atoms with Gasteiger partial charge in [0.1, 0.15) is 11.6 Å². The van der Waals surface area contributed by atoms with Crippen molar-refractivity contribution in [1.82, 2.24) is 9.97 Å². The molecule has 0 aromatic carbocycles. The molecular weight excluding hydrogens is 250 g/mol. The first-order valence-corrected chi connectivity index (χ1v) is 7.90. The highest BCUT2D eigenvalue weighted by molar-refractivity contribution is 5.38. The molecule has 0 amide bonds. The van der Waals surface area contributed by atoms with Crippen LogP contribution in [-0.4, -0.2) is 23.1 Å². The summed E-state index contributed by atoms with van der Waals surface area (Å²) in [5.74, 6) is 3.15. The number of aromatic nitrogens is 2. The number of unbranched alkanes of at least 4 members (excludes halogenated alkanes) is 1. The summed E-state index contributed by atoms with van der Waals surface area (Å²) in [5, 5.41) is 3.37. The number of nitrogens with one attached hydrogen (secondary N) is 1. The third kappa shape index (κ3) is 6.73. The first-order valence-electron chi connectivity index (χ1n) is 7.90. The number of hydrogen-bond acceptors (Lipinski definition) is 4. The van der Waals surface area contributed by atoms with Gasteiger partial charge in [-0.2, -0.15) is 4.98 Å². The molecule has 0 aliphatic heterocycles. The van der Waals surface area contributed by atoms with E-state index in [9.17, 15) is 0 Å². The molecule has 4 nitrogen and oxygen atoms in total. The van der Waals surface area contributed by atoms with Crippen LogP contribution in [0.25, 0.3) is 0 Å². The molecule has 1 heterocycles. The van der Waals surface area contributed by atoms with Crippen molar-refractivity contribution in [2.24, 2.45) is 5.92 Å². The molecule has 0 bridgehead atoms. The van der Waals surface area contributed by atoms with Gasteiger partial charge in [-0.3, -0.25) is 0 Å². The van der Waals surface area contributed by atoms with Gasteiger partial charge in [-0.1, -0.05) is 34.1 Å². The normalized spacial score (nSPS) is 10.8. The zero-order chi connectivity index (χ0) is 14.8. The van der Waals surface area contributed by atoms with E-state index in [1.807, 2.05) is 6.07 Å². The molecule has 0 radical (unpaired) electrons. The Kier molecular flexibility index (Phi) is 8.00. The van der Waals surface area contributed by atoms with Gasteiger partial charge < -0.3 is 10.1 Å². The van der Waals surface area contributed by atoms with Crippen LogP contribution >= 0.6 is 0 Å². The van der Waals surface area contributed by atoms with E-state index in [4.69, 9.17) is 4.74 Å². The van der Waals surface area contributed by atoms with Crippen LogP contribution in [0.15, 0.2) is 6.07 Å². The van der Waals surface area contributed by atoms with Gasteiger partial charge in [0, 0.05) is 19.0 Å². The van der Waals surface area contributed by atoms with Gasteiger partial charge in [0.05, 0.1) is 6.61 Å². The second-order valence-electron chi connectivity index (χ2n) is 5.57. The summed E-state index contributed by atoms with van der Waals surface area (Å²) >= 11 is 0. The van der Waals surface area contributed by atoms with Crippen molar-refractivity contribution in [3.05, 3.63) is 11.9 Å². The molecule has 0 aliphatic carbocycles. The molecule has 0 atom stereocenters. The van der Waals surface area contributed by atoms with Gasteiger partial charge in [-0.25, -0.2) is 4.98 Å². The summed E-state index contributed by atoms with van der Waals surface area (Å²) in [6.07, 6.45) is 5.27. The standard InChI is InChI=1S/C16H29N3O/c1-5-7-11-20-16-12-15(17-10-9-13(3)4)18-14(19-16)8-6-2/h12-13H,5-11H2,1-4H3,(H,17,18,19). The Labute approximate surface area is 123 Å². The minimum Gasteiger partial charge on any atom is -0.478 e. The summed E-state index contributed by atoms with van der Waals surface area (Å²) in [6, 6.07) is 1.91. The Morgan fingerprint density at radius 3 is 2.65 bits per heavy atom. The van der Waals surface area contributed by atoms with Crippen LogP contribution in [0.2, 0.25) is 0 Å². The zero-order valence-corrected chi connectivity index (χ0v) is 13.4. The van der Waals surface area contributed by atoms with Crippen molar-refractivity contribution in [2.75, 3.05) is 18.5 Å². The third-order valence-corrected chi connectivity index (χ3v) is 3.00. The molecule has 114 valence electrons. The highest BCUT2D eigenvalue weighted by atomic mass is 16.5. The molecule has 0 aliphatic rings. The van der Waals surface area contributed by atoms with Crippen molar-refractivity contribution in [3.8, 4) is 5.88 Å². The Morgan fingerprint density at radius 1 is 1.20 bits per heavy atom. The molecule has 1 aromatic rings. The molecule has 1 aromatic heterocycles. The lowest BCUT2D eigenvalue weighted by atomic mass is 10.1. The monoisotopic (exact) mass is 279 g/mol. The van der Waals surface area contributed by atoms with Crippen molar-refractivity contribution in [2.45, 2.75) is 59.8 Å². The van der Waals surface area contributed by atoms with Crippen molar-refractivity contribution >= 4 is 5.82 Å². The van der Waals surface area contributed by atoms with Gasteiger partial charge in [-0.05, 0) is 25.2 Å². The maximum Gasteiger partial charge on any atom is 0.218 e. The Morgan fingerprint density at radius 2 is 2.00 bits per heavy atom. The highest BCUT2D eigenvalue weighted by Gasteiger charge is 2.05. The zero-order valence-electron chi connectivity index (χ0n) is 13.4. The highest BCUT2D eigenvalue weighted by Crippen LogP contribution is 2.15. The molecular formula is C16H29N3O. The Bertz CT molecular complexity index is 380. The SMILES string of the molecule is CCCCOc1cc(NCCC(C)C)nc(CCC)n1. The Balaban J connectivity index is 2.65. The predicted molar refractivity (Wildman–Crippen MR) is 84.4 cm³/mol. The molecule has 0 spiro atoms. The summed E-state index contributed by atoms with van der Waals surface area (Å²) in [6.45, 7) is 10.4. The van der Waals surface area contributed by atoms with E-state index < -0.39 is 0 Å².